The van der Waals surface area contributed by atoms with Gasteiger partial charge in [0.25, 0.3) is 11.8 Å². The van der Waals surface area contributed by atoms with Crippen molar-refractivity contribution in [3.8, 4) is 11.5 Å². The first-order chi connectivity index (χ1) is 11.6. The van der Waals surface area contributed by atoms with E-state index in [0.29, 0.717) is 40.0 Å². The quantitative estimate of drug-likeness (QED) is 0.884. The zero-order valence-electron chi connectivity index (χ0n) is 13.3. The minimum atomic E-state index is -0.337. The highest BCUT2D eigenvalue weighted by Gasteiger charge is 2.21. The van der Waals surface area contributed by atoms with Crippen LogP contribution in [0, 0.1) is 0 Å². The summed E-state index contributed by atoms with van der Waals surface area (Å²) in [6.45, 7) is 0.646. The van der Waals surface area contributed by atoms with E-state index in [1.807, 2.05) is 0 Å². The van der Waals surface area contributed by atoms with Gasteiger partial charge in [-0.15, -0.1) is 0 Å². The van der Waals surface area contributed by atoms with Crippen LogP contribution in [0.3, 0.4) is 0 Å². The number of aryl methyl sites for hydroxylation is 1. The molecule has 3 rings (SSSR count). The number of hydrogen-bond acceptors (Lipinski definition) is 6. The Hall–Kier alpha value is -2.61. The van der Waals surface area contributed by atoms with Crippen LogP contribution in [-0.2, 0) is 6.42 Å². The van der Waals surface area contributed by atoms with Crippen molar-refractivity contribution < 1.29 is 19.1 Å². The highest BCUT2D eigenvalue weighted by Crippen LogP contribution is 2.27. The lowest BCUT2D eigenvalue weighted by Gasteiger charge is -2.08. The van der Waals surface area contributed by atoms with Crippen molar-refractivity contribution in [2.75, 3.05) is 26.1 Å². The average Bonchev–Trinajstić information content (AvgIpc) is 2.92. The van der Waals surface area contributed by atoms with Gasteiger partial charge in [-0.25, -0.2) is 4.98 Å². The maximum Gasteiger partial charge on any atom is 0.263 e. The van der Waals surface area contributed by atoms with Crippen LogP contribution in [0.2, 0.25) is 0 Å². The van der Waals surface area contributed by atoms with E-state index in [2.05, 4.69) is 15.6 Å². The molecule has 2 aromatic rings. The Morgan fingerprint density at radius 1 is 1.25 bits per heavy atom. The Balaban J connectivity index is 1.83. The van der Waals surface area contributed by atoms with Crippen molar-refractivity contribution >= 4 is 28.3 Å². The first-order valence-corrected chi connectivity index (χ1v) is 8.24. The van der Waals surface area contributed by atoms with Gasteiger partial charge in [0.05, 0.1) is 19.9 Å². The molecule has 1 aliphatic rings. The number of methoxy groups -OCH3 is 2. The van der Waals surface area contributed by atoms with E-state index < -0.39 is 0 Å². The van der Waals surface area contributed by atoms with Gasteiger partial charge in [-0.05, 0) is 25.0 Å². The molecule has 2 amide bonds. The number of benzene rings is 1. The van der Waals surface area contributed by atoms with Gasteiger partial charge < -0.3 is 14.8 Å². The third-order valence-electron chi connectivity index (χ3n) is 3.61. The Morgan fingerprint density at radius 3 is 2.62 bits per heavy atom. The lowest BCUT2D eigenvalue weighted by molar-refractivity contribution is 0.0958. The summed E-state index contributed by atoms with van der Waals surface area (Å²) in [5.41, 5.74) is 1.12. The molecule has 0 radical (unpaired) electrons. The molecule has 0 atom stereocenters. The molecular weight excluding hydrogens is 330 g/mol. The topological polar surface area (TPSA) is 89.6 Å². The number of carbonyl (C=O) groups excluding carboxylic acids is 2. The Bertz CT molecular complexity index is 765. The fourth-order valence-corrected chi connectivity index (χ4v) is 3.32. The SMILES string of the molecule is COc1cc(OC)cc(C(=O)Nc2nc3c(s2)C(=O)NCCC3)c1. The molecule has 8 heteroatoms. The van der Waals surface area contributed by atoms with Gasteiger partial charge in [0.2, 0.25) is 0 Å². The number of hydrogen-bond donors (Lipinski definition) is 2. The van der Waals surface area contributed by atoms with Gasteiger partial charge in [-0.1, -0.05) is 11.3 Å². The number of ether oxygens (including phenoxy) is 2. The molecule has 0 spiro atoms. The number of rotatable bonds is 4. The minimum Gasteiger partial charge on any atom is -0.497 e. The fraction of sp³-hybridized carbons (Fsp3) is 0.312. The van der Waals surface area contributed by atoms with Crippen molar-refractivity contribution in [1.29, 1.82) is 0 Å². The van der Waals surface area contributed by atoms with E-state index in [-0.39, 0.29) is 11.8 Å². The normalized spacial score (nSPS) is 13.5. The molecule has 7 nitrogen and oxygen atoms in total. The van der Waals surface area contributed by atoms with Crippen LogP contribution in [0.5, 0.6) is 11.5 Å². The zero-order chi connectivity index (χ0) is 17.1. The van der Waals surface area contributed by atoms with Gasteiger partial charge in [0.15, 0.2) is 5.13 Å². The van der Waals surface area contributed by atoms with Crippen LogP contribution >= 0.6 is 11.3 Å². The van der Waals surface area contributed by atoms with E-state index in [1.54, 1.807) is 18.2 Å². The van der Waals surface area contributed by atoms with Crippen LogP contribution < -0.4 is 20.1 Å². The summed E-state index contributed by atoms with van der Waals surface area (Å²) in [6, 6.07) is 4.92. The summed E-state index contributed by atoms with van der Waals surface area (Å²) >= 11 is 1.18. The lowest BCUT2D eigenvalue weighted by atomic mass is 10.2. The molecule has 2 N–H and O–H groups in total. The smallest absolute Gasteiger partial charge is 0.263 e. The number of anilines is 1. The van der Waals surface area contributed by atoms with E-state index in [0.717, 1.165) is 12.1 Å². The predicted molar refractivity (Wildman–Crippen MR) is 90.3 cm³/mol. The second kappa shape index (κ2) is 6.88. The maximum absolute atomic E-state index is 12.5. The summed E-state index contributed by atoms with van der Waals surface area (Å²) in [4.78, 5) is 29.3. The first kappa shape index (κ1) is 16.3. The molecule has 0 fully saturated rings. The van der Waals surface area contributed by atoms with Crippen LogP contribution in [-0.4, -0.2) is 37.6 Å². The first-order valence-electron chi connectivity index (χ1n) is 7.43. The van der Waals surface area contributed by atoms with Gasteiger partial charge in [-0.2, -0.15) is 0 Å². The van der Waals surface area contributed by atoms with E-state index >= 15 is 0 Å². The molecule has 24 heavy (non-hydrogen) atoms. The molecule has 126 valence electrons. The molecule has 0 unspecified atom stereocenters. The average molecular weight is 347 g/mol. The Morgan fingerprint density at radius 2 is 1.96 bits per heavy atom. The monoisotopic (exact) mass is 347 g/mol. The molecule has 0 aliphatic carbocycles. The minimum absolute atomic E-state index is 0.136. The Labute approximate surface area is 143 Å². The van der Waals surface area contributed by atoms with Gasteiger partial charge in [0, 0.05) is 18.2 Å². The van der Waals surface area contributed by atoms with Crippen molar-refractivity contribution in [2.24, 2.45) is 0 Å². The Kier molecular flexibility index (Phi) is 4.66. The van der Waals surface area contributed by atoms with Crippen LogP contribution in [0.4, 0.5) is 5.13 Å². The summed E-state index contributed by atoms with van der Waals surface area (Å²) in [6.07, 6.45) is 1.55. The van der Waals surface area contributed by atoms with Crippen molar-refractivity contribution in [2.45, 2.75) is 12.8 Å². The number of fused-ring (bicyclic) bond motifs is 1. The number of amides is 2. The molecule has 2 heterocycles. The van der Waals surface area contributed by atoms with E-state index in [1.165, 1.54) is 25.6 Å². The molecule has 0 saturated carbocycles. The molecule has 1 aromatic carbocycles. The third kappa shape index (κ3) is 3.33. The molecular formula is C16H17N3O4S. The predicted octanol–water partition coefficient (Wildman–Crippen LogP) is 2.09. The number of nitrogens with zero attached hydrogens (tertiary/aromatic N) is 1. The summed E-state index contributed by atoms with van der Waals surface area (Å²) in [5.74, 6) is 0.572. The summed E-state index contributed by atoms with van der Waals surface area (Å²) in [5, 5.41) is 5.96. The maximum atomic E-state index is 12.5. The standard InChI is InChI=1S/C16H17N3O4S/c1-22-10-6-9(7-11(8-10)23-2)14(20)19-16-18-12-4-3-5-17-15(21)13(12)24-16/h6-8H,3-5H2,1-2H3,(H,17,21)(H,18,19,20). The van der Waals surface area contributed by atoms with Gasteiger partial charge >= 0.3 is 0 Å². The largest absolute Gasteiger partial charge is 0.497 e. The second-order valence-corrected chi connectivity index (χ2v) is 6.21. The summed E-state index contributed by atoms with van der Waals surface area (Å²) in [7, 11) is 3.04. The lowest BCUT2D eigenvalue weighted by Crippen LogP contribution is -2.21. The molecule has 0 bridgehead atoms. The summed E-state index contributed by atoms with van der Waals surface area (Å²) < 4.78 is 10.3. The van der Waals surface area contributed by atoms with Crippen LogP contribution in [0.25, 0.3) is 0 Å². The second-order valence-electron chi connectivity index (χ2n) is 5.21. The number of thiazole rings is 1. The third-order valence-corrected chi connectivity index (χ3v) is 4.63. The van der Waals surface area contributed by atoms with Crippen molar-refractivity contribution in [1.82, 2.24) is 10.3 Å². The highest BCUT2D eigenvalue weighted by atomic mass is 32.1. The van der Waals surface area contributed by atoms with Crippen molar-refractivity contribution in [3.05, 3.63) is 34.3 Å². The number of aromatic nitrogens is 1. The van der Waals surface area contributed by atoms with Crippen LogP contribution in [0.15, 0.2) is 18.2 Å². The van der Waals surface area contributed by atoms with Crippen LogP contribution in [0.1, 0.15) is 32.1 Å². The highest BCUT2D eigenvalue weighted by molar-refractivity contribution is 7.17. The molecule has 1 aliphatic heterocycles. The van der Waals surface area contributed by atoms with Crippen molar-refractivity contribution in [3.63, 3.8) is 0 Å². The number of carbonyl (C=O) groups is 2. The van der Waals surface area contributed by atoms with Gasteiger partial charge in [-0.3, -0.25) is 14.9 Å². The fourth-order valence-electron chi connectivity index (χ4n) is 2.40. The number of nitrogens with one attached hydrogen (secondary N) is 2. The molecule has 1 aromatic heterocycles. The van der Waals surface area contributed by atoms with Gasteiger partial charge in [0.1, 0.15) is 16.4 Å². The molecule has 0 saturated heterocycles. The van der Waals surface area contributed by atoms with E-state index in [4.69, 9.17) is 9.47 Å². The zero-order valence-corrected chi connectivity index (χ0v) is 14.2. The van der Waals surface area contributed by atoms with E-state index in [9.17, 15) is 9.59 Å².